The van der Waals surface area contributed by atoms with Crippen molar-refractivity contribution in [2.24, 2.45) is 0 Å². The van der Waals surface area contributed by atoms with Crippen LogP contribution in [-0.4, -0.2) is 33.0 Å². The Morgan fingerprint density at radius 1 is 1.27 bits per heavy atom. The number of rotatable bonds is 1. The van der Waals surface area contributed by atoms with Crippen LogP contribution in [0, 0.1) is 0 Å². The van der Waals surface area contributed by atoms with E-state index in [9.17, 15) is 0 Å². The molecule has 5 heteroatoms. The molecule has 0 saturated carbocycles. The minimum atomic E-state index is 0.731. The molecular formula is C10H11N5. The van der Waals surface area contributed by atoms with Gasteiger partial charge in [0.05, 0.1) is 12.5 Å². The highest BCUT2D eigenvalue weighted by Crippen LogP contribution is 2.13. The predicted molar refractivity (Wildman–Crippen MR) is 57.7 cm³/mol. The fourth-order valence-electron chi connectivity index (χ4n) is 1.70. The minimum Gasteiger partial charge on any atom is -0.342 e. The number of aromatic nitrogens is 4. The lowest BCUT2D eigenvalue weighted by Crippen LogP contribution is -2.28. The summed E-state index contributed by atoms with van der Waals surface area (Å²) in [6.07, 6.45) is 8.80. The van der Waals surface area contributed by atoms with Gasteiger partial charge in [-0.25, -0.2) is 9.97 Å². The molecule has 0 spiro atoms. The second-order valence-electron chi connectivity index (χ2n) is 3.52. The van der Waals surface area contributed by atoms with Gasteiger partial charge in [-0.15, -0.1) is 0 Å². The summed E-state index contributed by atoms with van der Waals surface area (Å²) in [6, 6.07) is 0. The average molecular weight is 201 g/mol. The van der Waals surface area contributed by atoms with Crippen LogP contribution < -0.4 is 4.90 Å². The molecule has 76 valence electrons. The van der Waals surface area contributed by atoms with E-state index in [4.69, 9.17) is 0 Å². The van der Waals surface area contributed by atoms with Crippen LogP contribution in [-0.2, 0) is 0 Å². The first-order valence-corrected chi connectivity index (χ1v) is 4.99. The van der Waals surface area contributed by atoms with Crippen molar-refractivity contribution in [3.05, 3.63) is 24.7 Å². The Balaban J connectivity index is 1.99. The zero-order valence-corrected chi connectivity index (χ0v) is 8.22. The topological polar surface area (TPSA) is 57.7 Å². The molecule has 0 atom stereocenters. The lowest BCUT2D eigenvalue weighted by molar-refractivity contribution is 0.789. The van der Waals surface area contributed by atoms with Gasteiger partial charge < -0.3 is 9.88 Å². The smallest absolute Gasteiger partial charge is 0.227 e. The molecule has 0 unspecified atom stereocenters. The fourth-order valence-corrected chi connectivity index (χ4v) is 1.70. The third kappa shape index (κ3) is 1.45. The third-order valence-electron chi connectivity index (χ3n) is 2.50. The highest BCUT2D eigenvalue weighted by atomic mass is 15.3. The first kappa shape index (κ1) is 8.40. The molecule has 3 heterocycles. The van der Waals surface area contributed by atoms with Crippen molar-refractivity contribution in [3.8, 4) is 0 Å². The van der Waals surface area contributed by atoms with Crippen molar-refractivity contribution < 1.29 is 0 Å². The Morgan fingerprint density at radius 2 is 2.27 bits per heavy atom. The molecule has 0 radical (unpaired) electrons. The second kappa shape index (κ2) is 3.34. The van der Waals surface area contributed by atoms with Crippen molar-refractivity contribution in [3.63, 3.8) is 0 Å². The van der Waals surface area contributed by atoms with Gasteiger partial charge in [-0.2, -0.15) is 4.98 Å². The first-order valence-electron chi connectivity index (χ1n) is 4.99. The predicted octanol–water partition coefficient (Wildman–Crippen LogP) is 1.12. The van der Waals surface area contributed by atoms with Crippen LogP contribution in [0.4, 0.5) is 5.95 Å². The summed E-state index contributed by atoms with van der Waals surface area (Å²) < 4.78 is 0. The first-order chi connectivity index (χ1) is 7.43. The Labute approximate surface area is 86.9 Å². The van der Waals surface area contributed by atoms with E-state index in [1.54, 1.807) is 12.5 Å². The fraction of sp³-hybridized carbons (Fsp3) is 0.300. The van der Waals surface area contributed by atoms with Crippen LogP contribution >= 0.6 is 0 Å². The molecule has 1 aliphatic rings. The van der Waals surface area contributed by atoms with Gasteiger partial charge in [0.25, 0.3) is 0 Å². The summed E-state index contributed by atoms with van der Waals surface area (Å²) in [6.45, 7) is 1.86. The van der Waals surface area contributed by atoms with Gasteiger partial charge in [0.1, 0.15) is 5.52 Å². The lowest BCUT2D eigenvalue weighted by atomic mass is 10.3. The maximum Gasteiger partial charge on any atom is 0.227 e. The van der Waals surface area contributed by atoms with E-state index >= 15 is 0 Å². The summed E-state index contributed by atoms with van der Waals surface area (Å²) in [5.41, 5.74) is 1.61. The van der Waals surface area contributed by atoms with E-state index in [0.29, 0.717) is 0 Å². The second-order valence-corrected chi connectivity index (χ2v) is 3.52. The van der Waals surface area contributed by atoms with Crippen LogP contribution in [0.3, 0.4) is 0 Å². The van der Waals surface area contributed by atoms with Crippen molar-refractivity contribution in [2.45, 2.75) is 6.42 Å². The summed E-state index contributed by atoms with van der Waals surface area (Å²) >= 11 is 0. The molecular weight excluding hydrogens is 190 g/mol. The van der Waals surface area contributed by atoms with Crippen molar-refractivity contribution in [2.75, 3.05) is 18.0 Å². The molecule has 2 aromatic heterocycles. The van der Waals surface area contributed by atoms with Gasteiger partial charge in [-0.1, -0.05) is 12.2 Å². The van der Waals surface area contributed by atoms with Crippen LogP contribution in [0.2, 0.25) is 0 Å². The maximum absolute atomic E-state index is 4.40. The van der Waals surface area contributed by atoms with Crippen molar-refractivity contribution in [1.29, 1.82) is 0 Å². The molecule has 15 heavy (non-hydrogen) atoms. The number of anilines is 1. The average Bonchev–Trinajstić information content (AvgIpc) is 2.77. The summed E-state index contributed by atoms with van der Waals surface area (Å²) in [5, 5.41) is 0. The molecule has 1 N–H and O–H groups in total. The molecule has 2 aromatic rings. The molecule has 0 aromatic carbocycles. The number of nitrogens with zero attached hydrogens (tertiary/aromatic N) is 4. The number of hydrogen-bond donors (Lipinski definition) is 1. The van der Waals surface area contributed by atoms with E-state index in [1.807, 2.05) is 0 Å². The standard InChI is InChI=1S/C10H11N5/c1-2-4-15(5-3-1)10-11-6-8-9(14-10)13-7-12-8/h1-2,6-7H,3-5H2,(H,11,12,13,14). The number of imidazole rings is 1. The SMILES string of the molecule is C1=CCN(c2ncc3[nH]cnc3n2)CC1. The van der Waals surface area contributed by atoms with Crippen LogP contribution in [0.15, 0.2) is 24.7 Å². The van der Waals surface area contributed by atoms with Gasteiger partial charge >= 0.3 is 0 Å². The zero-order chi connectivity index (χ0) is 10.1. The van der Waals surface area contributed by atoms with Gasteiger partial charge in [-0.3, -0.25) is 0 Å². The lowest BCUT2D eigenvalue weighted by Gasteiger charge is -2.22. The van der Waals surface area contributed by atoms with E-state index in [0.717, 1.165) is 36.6 Å². The van der Waals surface area contributed by atoms with Crippen molar-refractivity contribution >= 4 is 17.1 Å². The normalized spacial score (nSPS) is 16.1. The molecule has 5 nitrogen and oxygen atoms in total. The van der Waals surface area contributed by atoms with E-state index < -0.39 is 0 Å². The van der Waals surface area contributed by atoms with Crippen LogP contribution in [0.5, 0.6) is 0 Å². The quantitative estimate of drug-likeness (QED) is 0.702. The number of fused-ring (bicyclic) bond motifs is 1. The van der Waals surface area contributed by atoms with Crippen molar-refractivity contribution in [1.82, 2.24) is 19.9 Å². The monoisotopic (exact) mass is 201 g/mol. The molecule has 0 bridgehead atoms. The van der Waals surface area contributed by atoms with E-state index in [2.05, 4.69) is 37.0 Å². The minimum absolute atomic E-state index is 0.731. The Morgan fingerprint density at radius 3 is 3.13 bits per heavy atom. The summed E-state index contributed by atoms with van der Waals surface area (Å²) in [7, 11) is 0. The molecule has 3 rings (SSSR count). The van der Waals surface area contributed by atoms with Crippen LogP contribution in [0.25, 0.3) is 11.2 Å². The number of hydrogen-bond acceptors (Lipinski definition) is 4. The molecule has 0 aliphatic carbocycles. The Hall–Kier alpha value is -1.91. The number of H-pyrrole nitrogens is 1. The number of aromatic amines is 1. The van der Waals surface area contributed by atoms with Crippen LogP contribution in [0.1, 0.15) is 6.42 Å². The Kier molecular flexibility index (Phi) is 1.87. The van der Waals surface area contributed by atoms with Gasteiger partial charge in [-0.05, 0) is 6.42 Å². The molecule has 0 amide bonds. The Bertz CT molecular complexity index is 501. The highest BCUT2D eigenvalue weighted by Gasteiger charge is 2.11. The van der Waals surface area contributed by atoms with E-state index in [-0.39, 0.29) is 0 Å². The highest BCUT2D eigenvalue weighted by molar-refractivity contribution is 5.69. The zero-order valence-electron chi connectivity index (χ0n) is 8.22. The van der Waals surface area contributed by atoms with Gasteiger partial charge in [0, 0.05) is 13.1 Å². The van der Waals surface area contributed by atoms with Gasteiger partial charge in [0.15, 0.2) is 5.65 Å². The van der Waals surface area contributed by atoms with E-state index in [1.165, 1.54) is 0 Å². The largest absolute Gasteiger partial charge is 0.342 e. The maximum atomic E-state index is 4.40. The summed E-state index contributed by atoms with van der Waals surface area (Å²) in [5.74, 6) is 0.763. The molecule has 0 saturated heterocycles. The number of nitrogens with one attached hydrogen (secondary N) is 1. The third-order valence-corrected chi connectivity index (χ3v) is 2.50. The summed E-state index contributed by atoms with van der Waals surface area (Å²) in [4.78, 5) is 18.0. The molecule has 0 fully saturated rings. The van der Waals surface area contributed by atoms with Gasteiger partial charge in [0.2, 0.25) is 5.95 Å². The molecule has 1 aliphatic heterocycles.